The maximum absolute atomic E-state index is 12.4. The second-order valence-electron chi connectivity index (χ2n) is 6.11. The number of rotatable bonds is 4. The molecule has 2 aliphatic rings. The van der Waals surface area contributed by atoms with Gasteiger partial charge in [0.05, 0.1) is 13.1 Å². The summed E-state index contributed by atoms with van der Waals surface area (Å²) in [6.07, 6.45) is 5.77. The van der Waals surface area contributed by atoms with Crippen LogP contribution in [0.25, 0.3) is 0 Å². The molecular formula is C16H23NO4. The lowest BCUT2D eigenvalue weighted by Gasteiger charge is -2.33. The fourth-order valence-electron chi connectivity index (χ4n) is 3.31. The number of piperidine rings is 1. The van der Waals surface area contributed by atoms with E-state index in [9.17, 15) is 19.2 Å². The minimum absolute atomic E-state index is 0.0535. The van der Waals surface area contributed by atoms with Gasteiger partial charge in [0.1, 0.15) is 5.92 Å². The maximum Gasteiger partial charge on any atom is 0.226 e. The van der Waals surface area contributed by atoms with Crippen LogP contribution in [0.2, 0.25) is 0 Å². The van der Waals surface area contributed by atoms with Gasteiger partial charge in [-0.1, -0.05) is 26.2 Å². The van der Waals surface area contributed by atoms with Gasteiger partial charge in [-0.05, 0) is 19.3 Å². The van der Waals surface area contributed by atoms with Crippen LogP contribution < -0.4 is 0 Å². The number of Topliss-reactive ketones (excluding diaryl/α,β-unsaturated/α-hetero) is 3. The predicted molar refractivity (Wildman–Crippen MR) is 76.6 cm³/mol. The molecule has 0 spiro atoms. The molecule has 1 aliphatic carbocycles. The first-order valence-electron chi connectivity index (χ1n) is 7.91. The van der Waals surface area contributed by atoms with Crippen molar-refractivity contribution in [2.45, 2.75) is 51.9 Å². The van der Waals surface area contributed by atoms with Gasteiger partial charge in [-0.25, -0.2) is 0 Å². The van der Waals surface area contributed by atoms with Crippen molar-refractivity contribution < 1.29 is 19.2 Å². The van der Waals surface area contributed by atoms with Gasteiger partial charge in [0.15, 0.2) is 17.3 Å². The molecule has 0 radical (unpaired) electrons. The lowest BCUT2D eigenvalue weighted by atomic mass is 9.85. The molecule has 21 heavy (non-hydrogen) atoms. The Morgan fingerprint density at radius 3 is 2.14 bits per heavy atom. The number of hydrogen-bond acceptors (Lipinski definition) is 4. The third-order valence-electron chi connectivity index (χ3n) is 4.42. The van der Waals surface area contributed by atoms with Crippen LogP contribution in [0, 0.1) is 11.8 Å². The molecule has 0 aromatic carbocycles. The van der Waals surface area contributed by atoms with Crippen molar-refractivity contribution in [2.24, 2.45) is 11.8 Å². The van der Waals surface area contributed by atoms with E-state index in [4.69, 9.17) is 0 Å². The summed E-state index contributed by atoms with van der Waals surface area (Å²) < 4.78 is 0. The summed E-state index contributed by atoms with van der Waals surface area (Å²) in [4.78, 5) is 49.8. The van der Waals surface area contributed by atoms with Crippen molar-refractivity contribution in [2.75, 3.05) is 13.1 Å². The second-order valence-corrected chi connectivity index (χ2v) is 6.11. The van der Waals surface area contributed by atoms with Crippen molar-refractivity contribution >= 4 is 23.3 Å². The lowest BCUT2D eigenvalue weighted by molar-refractivity contribution is -0.152. The summed E-state index contributed by atoms with van der Waals surface area (Å²) in [5.41, 5.74) is 0. The number of likely N-dealkylation sites (tertiary alicyclic amines) is 1. The SMILES string of the molecule is CCCC(=O)C1C(=O)CN(C(=O)C2CCCCC2)CC1=O. The van der Waals surface area contributed by atoms with Gasteiger partial charge in [-0.2, -0.15) is 0 Å². The molecule has 5 heteroatoms. The number of carbonyl (C=O) groups is 4. The Bertz CT molecular complexity index is 433. The van der Waals surface area contributed by atoms with Crippen LogP contribution in [0.4, 0.5) is 0 Å². The Balaban J connectivity index is 2.00. The first-order valence-corrected chi connectivity index (χ1v) is 7.91. The molecule has 2 fully saturated rings. The fraction of sp³-hybridized carbons (Fsp3) is 0.750. The molecule has 0 N–H and O–H groups in total. The van der Waals surface area contributed by atoms with Gasteiger partial charge >= 0.3 is 0 Å². The van der Waals surface area contributed by atoms with Crippen LogP contribution in [0.15, 0.2) is 0 Å². The average molecular weight is 293 g/mol. The monoisotopic (exact) mass is 293 g/mol. The van der Waals surface area contributed by atoms with E-state index in [-0.39, 0.29) is 37.1 Å². The number of nitrogens with zero attached hydrogens (tertiary/aromatic N) is 1. The molecule has 5 nitrogen and oxygen atoms in total. The topological polar surface area (TPSA) is 71.5 Å². The molecule has 1 aliphatic heterocycles. The van der Waals surface area contributed by atoms with Crippen molar-refractivity contribution in [3.63, 3.8) is 0 Å². The van der Waals surface area contributed by atoms with Crippen LogP contribution in [-0.4, -0.2) is 41.2 Å². The van der Waals surface area contributed by atoms with Crippen molar-refractivity contribution in [3.8, 4) is 0 Å². The summed E-state index contributed by atoms with van der Waals surface area (Å²) in [6, 6.07) is 0. The summed E-state index contributed by atoms with van der Waals surface area (Å²) in [5.74, 6) is -2.37. The van der Waals surface area contributed by atoms with Gasteiger partial charge in [0.25, 0.3) is 0 Å². The zero-order chi connectivity index (χ0) is 15.4. The first kappa shape index (κ1) is 15.9. The molecule has 116 valence electrons. The van der Waals surface area contributed by atoms with Gasteiger partial charge in [0, 0.05) is 12.3 Å². The van der Waals surface area contributed by atoms with Crippen molar-refractivity contribution in [1.82, 2.24) is 4.90 Å². The smallest absolute Gasteiger partial charge is 0.226 e. The Morgan fingerprint density at radius 1 is 1.05 bits per heavy atom. The lowest BCUT2D eigenvalue weighted by Crippen LogP contribution is -2.53. The average Bonchev–Trinajstić information content (AvgIpc) is 2.47. The largest absolute Gasteiger partial charge is 0.328 e. The van der Waals surface area contributed by atoms with Crippen molar-refractivity contribution in [3.05, 3.63) is 0 Å². The second kappa shape index (κ2) is 6.96. The van der Waals surface area contributed by atoms with E-state index in [1.807, 2.05) is 6.92 Å². The van der Waals surface area contributed by atoms with Gasteiger partial charge in [-0.15, -0.1) is 0 Å². The predicted octanol–water partition coefficient (Wildman–Crippen LogP) is 1.53. The third-order valence-corrected chi connectivity index (χ3v) is 4.42. The molecular weight excluding hydrogens is 270 g/mol. The summed E-state index contributed by atoms with van der Waals surface area (Å²) in [5, 5.41) is 0. The third kappa shape index (κ3) is 3.57. The Labute approximate surface area is 125 Å². The van der Waals surface area contributed by atoms with E-state index in [1.54, 1.807) is 0 Å². The molecule has 0 unspecified atom stereocenters. The molecule has 0 atom stereocenters. The molecule has 1 heterocycles. The normalized spacial score (nSPS) is 21.7. The highest BCUT2D eigenvalue weighted by atomic mass is 16.2. The van der Waals surface area contributed by atoms with E-state index >= 15 is 0 Å². The van der Waals surface area contributed by atoms with Gasteiger partial charge in [0.2, 0.25) is 5.91 Å². The van der Waals surface area contributed by atoms with E-state index in [2.05, 4.69) is 0 Å². The highest BCUT2D eigenvalue weighted by Crippen LogP contribution is 2.26. The minimum Gasteiger partial charge on any atom is -0.328 e. The molecule has 0 aromatic heterocycles. The Hall–Kier alpha value is -1.52. The van der Waals surface area contributed by atoms with Crippen LogP contribution in [0.5, 0.6) is 0 Å². The van der Waals surface area contributed by atoms with Crippen molar-refractivity contribution in [1.29, 1.82) is 0 Å². The first-order chi connectivity index (χ1) is 10.0. The zero-order valence-electron chi connectivity index (χ0n) is 12.6. The highest BCUT2D eigenvalue weighted by Gasteiger charge is 2.41. The van der Waals surface area contributed by atoms with Crippen LogP contribution in [0.1, 0.15) is 51.9 Å². The number of carbonyl (C=O) groups excluding carboxylic acids is 4. The summed E-state index contributed by atoms with van der Waals surface area (Å²) >= 11 is 0. The van der Waals surface area contributed by atoms with Crippen LogP contribution in [-0.2, 0) is 19.2 Å². The number of hydrogen-bond donors (Lipinski definition) is 0. The summed E-state index contributed by atoms with van der Waals surface area (Å²) in [6.45, 7) is 1.68. The van der Waals surface area contributed by atoms with Gasteiger partial charge < -0.3 is 4.90 Å². The summed E-state index contributed by atoms with van der Waals surface area (Å²) in [7, 11) is 0. The Morgan fingerprint density at radius 2 is 1.62 bits per heavy atom. The molecule has 1 saturated carbocycles. The highest BCUT2D eigenvalue weighted by molar-refractivity contribution is 6.22. The zero-order valence-corrected chi connectivity index (χ0v) is 12.6. The molecule has 1 amide bonds. The maximum atomic E-state index is 12.4. The fourth-order valence-corrected chi connectivity index (χ4v) is 3.31. The van der Waals surface area contributed by atoms with E-state index < -0.39 is 17.5 Å². The molecule has 2 rings (SSSR count). The van der Waals surface area contributed by atoms with E-state index in [1.165, 1.54) is 4.90 Å². The number of amides is 1. The number of ketones is 3. The molecule has 1 saturated heterocycles. The van der Waals surface area contributed by atoms with E-state index in [0.29, 0.717) is 6.42 Å². The van der Waals surface area contributed by atoms with Gasteiger partial charge in [-0.3, -0.25) is 19.2 Å². The van der Waals surface area contributed by atoms with Crippen LogP contribution >= 0.6 is 0 Å². The molecule has 0 bridgehead atoms. The standard InChI is InChI=1S/C16H23NO4/c1-2-6-12(18)15-13(19)9-17(10-14(15)20)16(21)11-7-4-3-5-8-11/h11,15H,2-10H2,1H3. The Kier molecular flexibility index (Phi) is 5.26. The minimum atomic E-state index is -1.12. The van der Waals surface area contributed by atoms with E-state index in [0.717, 1.165) is 32.1 Å². The quantitative estimate of drug-likeness (QED) is 0.737. The van der Waals surface area contributed by atoms with Crippen LogP contribution in [0.3, 0.4) is 0 Å². The molecule has 0 aromatic rings.